The second-order valence-corrected chi connectivity index (χ2v) is 1.10. The van der Waals surface area contributed by atoms with Gasteiger partial charge in [-0.25, -0.2) is 9.59 Å². The maximum absolute atomic E-state index is 9.12. The number of carboxylic acids is 2. The molecule has 0 aliphatic carbocycles. The van der Waals surface area contributed by atoms with Crippen LogP contribution in [0.15, 0.2) is 0 Å². The Morgan fingerprint density at radius 3 is 0.846 bits per heavy atom. The van der Waals surface area contributed by atoms with Crippen molar-refractivity contribution >= 4 is 11.9 Å². The lowest BCUT2D eigenvalue weighted by Crippen LogP contribution is -1.98. The average molecular weight is 200 g/mol. The van der Waals surface area contributed by atoms with Crippen LogP contribution in [0.25, 0.3) is 0 Å². The van der Waals surface area contributed by atoms with Gasteiger partial charge >= 0.3 is 11.9 Å². The molecule has 84 valence electrons. The summed E-state index contributed by atoms with van der Waals surface area (Å²) < 4.78 is 0. The number of carboxylic acid groups (broad SMARTS) is 2. The fourth-order valence-corrected chi connectivity index (χ4v) is 0. The highest BCUT2D eigenvalue weighted by molar-refractivity contribution is 5.67. The Bertz CT molecular complexity index is 97.6. The molecule has 13 heavy (non-hydrogen) atoms. The van der Waals surface area contributed by atoms with Crippen LogP contribution in [0.2, 0.25) is 0 Å². The monoisotopic (exact) mass is 200 g/mol. The van der Waals surface area contributed by atoms with Gasteiger partial charge in [-0.3, -0.25) is 0 Å². The lowest BCUT2D eigenvalue weighted by atomic mass is 10.8. The van der Waals surface area contributed by atoms with Gasteiger partial charge in [0, 0.05) is 0 Å². The molecular formula is C7H20O6. The molecule has 0 saturated carbocycles. The summed E-state index contributed by atoms with van der Waals surface area (Å²) in [5, 5.41) is 30.0. The Balaban J connectivity index is -0.0000000267. The van der Waals surface area contributed by atoms with E-state index in [1.807, 2.05) is 0 Å². The number of aliphatic hydroxyl groups is 2. The van der Waals surface area contributed by atoms with Gasteiger partial charge in [-0.15, -0.1) is 0 Å². The number of aliphatic hydroxyl groups excluding tert-OH is 2. The number of hydrogen-bond donors (Lipinski definition) is 4. The Morgan fingerprint density at radius 2 is 0.846 bits per heavy atom. The van der Waals surface area contributed by atoms with Gasteiger partial charge in [0.25, 0.3) is 0 Å². The number of rotatable bonds is 2. The fourth-order valence-electron chi connectivity index (χ4n) is 0. The molecule has 0 rings (SSSR count). The first-order valence-electron chi connectivity index (χ1n) is 2.20. The molecule has 0 heterocycles. The van der Waals surface area contributed by atoms with Gasteiger partial charge in [-0.2, -0.15) is 0 Å². The second-order valence-electron chi connectivity index (χ2n) is 1.10. The minimum Gasteiger partial charge on any atom is -0.480 e. The first-order valence-corrected chi connectivity index (χ1v) is 2.20. The zero-order chi connectivity index (χ0) is 8.57. The van der Waals surface area contributed by atoms with Gasteiger partial charge < -0.3 is 20.4 Å². The van der Waals surface area contributed by atoms with E-state index in [-0.39, 0.29) is 22.3 Å². The number of carbonyl (C=O) groups is 2. The smallest absolute Gasteiger partial charge is 0.329 e. The molecule has 0 fully saturated rings. The summed E-state index contributed by atoms with van der Waals surface area (Å²) in [5.41, 5.74) is 0. The van der Waals surface area contributed by atoms with Crippen LogP contribution in [0.1, 0.15) is 22.3 Å². The van der Waals surface area contributed by atoms with Gasteiger partial charge in [-0.05, 0) is 0 Å². The molecule has 0 unspecified atom stereocenters. The summed E-state index contributed by atoms with van der Waals surface area (Å²) in [5.74, 6) is -2.38. The lowest BCUT2D eigenvalue weighted by Gasteiger charge is -1.72. The molecule has 0 amide bonds. The third kappa shape index (κ3) is 104. The third-order valence-corrected chi connectivity index (χ3v) is 0.271. The summed E-state index contributed by atoms with van der Waals surface area (Å²) in [6, 6.07) is 0. The largest absolute Gasteiger partial charge is 0.480 e. The molecule has 0 aromatic heterocycles. The van der Waals surface area contributed by atoms with Gasteiger partial charge in [0.15, 0.2) is 0 Å². The molecule has 0 spiro atoms. The van der Waals surface area contributed by atoms with Crippen LogP contribution in [-0.4, -0.2) is 45.6 Å². The van der Waals surface area contributed by atoms with Crippen molar-refractivity contribution in [3.8, 4) is 0 Å². The van der Waals surface area contributed by atoms with Crippen LogP contribution < -0.4 is 0 Å². The Kier molecular flexibility index (Phi) is 51.3. The van der Waals surface area contributed by atoms with Crippen molar-refractivity contribution in [2.45, 2.75) is 22.3 Å². The molecule has 4 N–H and O–H groups in total. The second kappa shape index (κ2) is 22.4. The SMILES string of the molecule is C.C.C.O=C(O)CO.O=C(O)CO. The minimum absolute atomic E-state index is 0. The van der Waals surface area contributed by atoms with Crippen LogP contribution in [0.5, 0.6) is 0 Å². The van der Waals surface area contributed by atoms with Crippen molar-refractivity contribution in [3.63, 3.8) is 0 Å². The molecule has 6 heteroatoms. The summed E-state index contributed by atoms with van der Waals surface area (Å²) >= 11 is 0. The summed E-state index contributed by atoms with van der Waals surface area (Å²) in [6.07, 6.45) is 0. The van der Waals surface area contributed by atoms with Gasteiger partial charge in [0.1, 0.15) is 13.2 Å². The van der Waals surface area contributed by atoms with E-state index in [9.17, 15) is 0 Å². The van der Waals surface area contributed by atoms with E-state index >= 15 is 0 Å². The first-order chi connectivity index (χ1) is 4.54. The van der Waals surface area contributed by atoms with Gasteiger partial charge in [-0.1, -0.05) is 22.3 Å². The quantitative estimate of drug-likeness (QED) is 0.500. The Morgan fingerprint density at radius 1 is 0.769 bits per heavy atom. The minimum atomic E-state index is -1.19. The molecule has 0 aromatic rings. The van der Waals surface area contributed by atoms with Gasteiger partial charge in [0.05, 0.1) is 0 Å². The maximum Gasteiger partial charge on any atom is 0.329 e. The van der Waals surface area contributed by atoms with Crippen molar-refractivity contribution in [1.82, 2.24) is 0 Å². The fraction of sp³-hybridized carbons (Fsp3) is 0.714. The van der Waals surface area contributed by atoms with Gasteiger partial charge in [0.2, 0.25) is 0 Å². The standard InChI is InChI=1S/2C2H4O3.3CH4/c2*3-1-2(4)5;;;/h2*3H,1H2,(H,4,5);3*1H4. The highest BCUT2D eigenvalue weighted by atomic mass is 16.4. The van der Waals surface area contributed by atoms with Crippen molar-refractivity contribution < 1.29 is 30.0 Å². The zero-order valence-corrected chi connectivity index (χ0v) is 5.02. The van der Waals surface area contributed by atoms with Crippen LogP contribution in [-0.2, 0) is 9.59 Å². The van der Waals surface area contributed by atoms with E-state index in [4.69, 9.17) is 30.0 Å². The number of hydrogen-bond acceptors (Lipinski definition) is 4. The van der Waals surface area contributed by atoms with E-state index in [0.717, 1.165) is 0 Å². The van der Waals surface area contributed by atoms with Crippen LogP contribution in [0, 0.1) is 0 Å². The van der Waals surface area contributed by atoms with Crippen LogP contribution >= 0.6 is 0 Å². The molecule has 0 saturated heterocycles. The summed E-state index contributed by atoms with van der Waals surface area (Å²) in [7, 11) is 0. The molecule has 0 aliphatic rings. The molecule has 0 aromatic carbocycles. The van der Waals surface area contributed by atoms with Crippen molar-refractivity contribution in [1.29, 1.82) is 0 Å². The predicted molar refractivity (Wildman–Crippen MR) is 49.6 cm³/mol. The topological polar surface area (TPSA) is 115 Å². The molecular weight excluding hydrogens is 180 g/mol. The molecule has 0 radical (unpaired) electrons. The Hall–Kier alpha value is -1.14. The van der Waals surface area contributed by atoms with E-state index in [1.165, 1.54) is 0 Å². The highest BCUT2D eigenvalue weighted by Gasteiger charge is 1.83. The Labute approximate surface area is 78.5 Å². The summed E-state index contributed by atoms with van der Waals surface area (Å²) in [4.78, 5) is 18.2. The maximum atomic E-state index is 9.12. The molecule has 0 atom stereocenters. The number of aliphatic carboxylic acids is 2. The van der Waals surface area contributed by atoms with Crippen molar-refractivity contribution in [2.24, 2.45) is 0 Å². The third-order valence-electron chi connectivity index (χ3n) is 0.271. The van der Waals surface area contributed by atoms with E-state index < -0.39 is 25.2 Å². The summed E-state index contributed by atoms with van der Waals surface area (Å²) in [6.45, 7) is -1.56. The first kappa shape index (κ1) is 29.7. The molecule has 0 bridgehead atoms. The average Bonchev–Trinajstić information content (AvgIpc) is 1.89. The lowest BCUT2D eigenvalue weighted by molar-refractivity contribution is -0.141. The molecule has 6 nitrogen and oxygen atoms in total. The van der Waals surface area contributed by atoms with E-state index in [2.05, 4.69) is 0 Å². The normalized spacial score (nSPS) is 5.69. The molecule has 0 aliphatic heterocycles. The zero-order valence-electron chi connectivity index (χ0n) is 5.02. The van der Waals surface area contributed by atoms with E-state index in [0.29, 0.717) is 0 Å². The van der Waals surface area contributed by atoms with Crippen LogP contribution in [0.4, 0.5) is 0 Å². The van der Waals surface area contributed by atoms with Crippen molar-refractivity contribution in [3.05, 3.63) is 0 Å². The predicted octanol–water partition coefficient (Wildman–Crippen LogP) is 0.0349. The van der Waals surface area contributed by atoms with Crippen LogP contribution in [0.3, 0.4) is 0 Å². The van der Waals surface area contributed by atoms with Crippen molar-refractivity contribution in [2.75, 3.05) is 13.2 Å². The van der Waals surface area contributed by atoms with E-state index in [1.54, 1.807) is 0 Å². The highest BCUT2D eigenvalue weighted by Crippen LogP contribution is 1.49.